The van der Waals surface area contributed by atoms with E-state index in [4.69, 9.17) is 15.9 Å². The molecule has 0 saturated heterocycles. The highest BCUT2D eigenvalue weighted by Crippen LogP contribution is 2.03. The summed E-state index contributed by atoms with van der Waals surface area (Å²) in [7, 11) is 0. The van der Waals surface area contributed by atoms with Crippen LogP contribution >= 0.6 is 0 Å². The maximum Gasteiger partial charge on any atom is 0.326 e. The number of aromatic amines is 1. The maximum atomic E-state index is 12.5. The second kappa shape index (κ2) is 12.7. The SMILES string of the molecule is C[C@H](NC(=O)[C@H](CCC(=O)O)NC(=O)[C@@H](N)CC(=O)O)C(=O)N[C@@H](Cc1cnc[nH]1)C(=O)O. The van der Waals surface area contributed by atoms with E-state index in [1.54, 1.807) is 0 Å². The van der Waals surface area contributed by atoms with E-state index in [-0.39, 0.29) is 12.8 Å². The maximum absolute atomic E-state index is 12.5. The number of nitrogens with two attached hydrogens (primary N) is 1. The molecule has 3 amide bonds. The Kier molecular flexibility index (Phi) is 10.4. The van der Waals surface area contributed by atoms with Gasteiger partial charge in [-0.3, -0.25) is 24.0 Å². The molecule has 0 fully saturated rings. The summed E-state index contributed by atoms with van der Waals surface area (Å²) >= 11 is 0. The number of carboxylic acids is 3. The first-order chi connectivity index (χ1) is 15.4. The smallest absolute Gasteiger partial charge is 0.326 e. The standard InChI is InChI=1S/C18H26N6O9/c1-8(15(29)24-12(18(32)33)4-9-6-20-7-21-9)22-17(31)11(2-3-13(25)26)23-16(30)10(19)5-14(27)28/h6-8,10-12H,2-5,19H2,1H3,(H,20,21)(H,22,31)(H,23,30)(H,24,29)(H,25,26)(H,27,28)(H,32,33)/t8-,10-,11-,12-/m0/s1. The number of imidazole rings is 1. The molecule has 0 spiro atoms. The molecule has 0 aliphatic rings. The fraction of sp³-hybridized carbons (Fsp3) is 0.500. The van der Waals surface area contributed by atoms with Gasteiger partial charge in [0.15, 0.2) is 0 Å². The lowest BCUT2D eigenvalue weighted by Gasteiger charge is -2.23. The third-order valence-electron chi connectivity index (χ3n) is 4.36. The average molecular weight is 470 g/mol. The van der Waals surface area contributed by atoms with E-state index in [1.807, 2.05) is 0 Å². The Bertz CT molecular complexity index is 873. The van der Waals surface area contributed by atoms with Gasteiger partial charge in [0, 0.05) is 24.7 Å². The first-order valence-electron chi connectivity index (χ1n) is 9.71. The van der Waals surface area contributed by atoms with E-state index in [1.165, 1.54) is 19.4 Å². The number of H-pyrrole nitrogens is 1. The van der Waals surface area contributed by atoms with E-state index >= 15 is 0 Å². The van der Waals surface area contributed by atoms with Crippen molar-refractivity contribution in [2.75, 3.05) is 0 Å². The number of nitrogens with zero attached hydrogens (tertiary/aromatic N) is 1. The molecule has 182 valence electrons. The van der Waals surface area contributed by atoms with Crippen molar-refractivity contribution in [3.8, 4) is 0 Å². The highest BCUT2D eigenvalue weighted by molar-refractivity contribution is 5.94. The third-order valence-corrected chi connectivity index (χ3v) is 4.36. The first-order valence-corrected chi connectivity index (χ1v) is 9.71. The van der Waals surface area contributed by atoms with Crippen LogP contribution in [0.5, 0.6) is 0 Å². The van der Waals surface area contributed by atoms with Gasteiger partial charge in [0.05, 0.1) is 18.8 Å². The van der Waals surface area contributed by atoms with Gasteiger partial charge in [-0.15, -0.1) is 0 Å². The quantitative estimate of drug-likeness (QED) is 0.137. The molecule has 4 atom stereocenters. The van der Waals surface area contributed by atoms with Crippen LogP contribution in [-0.2, 0) is 35.2 Å². The van der Waals surface area contributed by atoms with Crippen LogP contribution < -0.4 is 21.7 Å². The minimum absolute atomic E-state index is 0.0967. The minimum Gasteiger partial charge on any atom is -0.481 e. The molecule has 1 aromatic rings. The predicted octanol–water partition coefficient (Wildman–Crippen LogP) is -2.82. The van der Waals surface area contributed by atoms with E-state index in [9.17, 15) is 33.9 Å². The molecule has 1 aromatic heterocycles. The number of carbonyl (C=O) groups is 6. The Morgan fingerprint density at radius 2 is 1.61 bits per heavy atom. The van der Waals surface area contributed by atoms with Gasteiger partial charge in [0.2, 0.25) is 17.7 Å². The molecule has 0 aliphatic heterocycles. The summed E-state index contributed by atoms with van der Waals surface area (Å²) in [5.74, 6) is -6.71. The van der Waals surface area contributed by atoms with Gasteiger partial charge in [0.1, 0.15) is 18.1 Å². The molecule has 0 aliphatic carbocycles. The highest BCUT2D eigenvalue weighted by atomic mass is 16.4. The van der Waals surface area contributed by atoms with Gasteiger partial charge in [-0.05, 0) is 13.3 Å². The number of aliphatic carboxylic acids is 3. The predicted molar refractivity (Wildman–Crippen MR) is 108 cm³/mol. The number of hydrogen-bond donors (Lipinski definition) is 8. The minimum atomic E-state index is -1.48. The topological polar surface area (TPSA) is 254 Å². The first kappa shape index (κ1) is 27.0. The van der Waals surface area contributed by atoms with E-state index in [0.717, 1.165) is 0 Å². The number of rotatable bonds is 14. The fourth-order valence-corrected chi connectivity index (χ4v) is 2.59. The molecule has 9 N–H and O–H groups in total. The zero-order chi connectivity index (χ0) is 25.1. The summed E-state index contributed by atoms with van der Waals surface area (Å²) in [6.45, 7) is 1.26. The molecule has 0 unspecified atom stereocenters. The van der Waals surface area contributed by atoms with Gasteiger partial charge in [-0.2, -0.15) is 0 Å². The number of carbonyl (C=O) groups excluding carboxylic acids is 3. The summed E-state index contributed by atoms with van der Waals surface area (Å²) in [4.78, 5) is 76.4. The van der Waals surface area contributed by atoms with E-state index < -0.39 is 72.6 Å². The Morgan fingerprint density at radius 3 is 2.12 bits per heavy atom. The van der Waals surface area contributed by atoms with Crippen LogP contribution in [0.25, 0.3) is 0 Å². The summed E-state index contributed by atoms with van der Waals surface area (Å²) in [6.07, 6.45) is 1.03. The molecular weight excluding hydrogens is 444 g/mol. The van der Waals surface area contributed by atoms with Crippen molar-refractivity contribution in [3.05, 3.63) is 18.2 Å². The van der Waals surface area contributed by atoms with Crippen LogP contribution in [0.15, 0.2) is 12.5 Å². The van der Waals surface area contributed by atoms with E-state index in [0.29, 0.717) is 5.69 Å². The number of carboxylic acid groups (broad SMARTS) is 3. The van der Waals surface area contributed by atoms with Crippen LogP contribution in [0.4, 0.5) is 0 Å². The molecule has 1 heterocycles. The van der Waals surface area contributed by atoms with Gasteiger partial charge in [0.25, 0.3) is 0 Å². The van der Waals surface area contributed by atoms with Gasteiger partial charge in [-0.25, -0.2) is 9.78 Å². The van der Waals surface area contributed by atoms with Crippen LogP contribution in [0, 0.1) is 0 Å². The average Bonchev–Trinajstić information content (AvgIpc) is 3.22. The van der Waals surface area contributed by atoms with Crippen molar-refractivity contribution in [2.45, 2.75) is 56.8 Å². The molecular formula is C18H26N6O9. The van der Waals surface area contributed by atoms with Crippen molar-refractivity contribution in [2.24, 2.45) is 5.73 Å². The highest BCUT2D eigenvalue weighted by Gasteiger charge is 2.29. The normalized spacial score (nSPS) is 14.2. The Balaban J connectivity index is 2.78. The fourth-order valence-electron chi connectivity index (χ4n) is 2.59. The number of amides is 3. The molecule has 0 aromatic carbocycles. The van der Waals surface area contributed by atoms with Crippen molar-refractivity contribution in [3.63, 3.8) is 0 Å². The van der Waals surface area contributed by atoms with Crippen LogP contribution in [-0.4, -0.2) is 85.1 Å². The van der Waals surface area contributed by atoms with Crippen LogP contribution in [0.3, 0.4) is 0 Å². The molecule has 0 radical (unpaired) electrons. The van der Waals surface area contributed by atoms with Crippen molar-refractivity contribution < 1.29 is 44.1 Å². The van der Waals surface area contributed by atoms with Crippen molar-refractivity contribution in [1.82, 2.24) is 25.9 Å². The third kappa shape index (κ3) is 9.77. The van der Waals surface area contributed by atoms with E-state index in [2.05, 4.69) is 25.9 Å². The zero-order valence-corrected chi connectivity index (χ0v) is 17.6. The largest absolute Gasteiger partial charge is 0.481 e. The van der Waals surface area contributed by atoms with Gasteiger partial charge >= 0.3 is 17.9 Å². The van der Waals surface area contributed by atoms with Crippen molar-refractivity contribution >= 4 is 35.6 Å². The lowest BCUT2D eigenvalue weighted by Crippen LogP contribution is -2.56. The lowest BCUT2D eigenvalue weighted by molar-refractivity contribution is -0.142. The number of nitrogens with one attached hydrogen (secondary N) is 4. The van der Waals surface area contributed by atoms with Crippen LogP contribution in [0.1, 0.15) is 31.9 Å². The monoisotopic (exact) mass is 470 g/mol. The van der Waals surface area contributed by atoms with Crippen molar-refractivity contribution in [1.29, 1.82) is 0 Å². The number of hydrogen-bond acceptors (Lipinski definition) is 8. The summed E-state index contributed by atoms with van der Waals surface area (Å²) in [6, 6.07) is -5.49. The molecule has 0 bridgehead atoms. The van der Waals surface area contributed by atoms with Gasteiger partial charge < -0.3 is 42.0 Å². The Morgan fingerprint density at radius 1 is 0.970 bits per heavy atom. The number of aromatic nitrogens is 2. The molecule has 33 heavy (non-hydrogen) atoms. The summed E-state index contributed by atoms with van der Waals surface area (Å²) in [5.41, 5.74) is 5.90. The molecule has 1 rings (SSSR count). The molecule has 15 nitrogen and oxygen atoms in total. The second-order valence-electron chi connectivity index (χ2n) is 7.11. The zero-order valence-electron chi connectivity index (χ0n) is 17.6. The molecule has 0 saturated carbocycles. The molecule has 15 heteroatoms. The lowest BCUT2D eigenvalue weighted by atomic mass is 10.1. The summed E-state index contributed by atoms with van der Waals surface area (Å²) < 4.78 is 0. The Hall–Kier alpha value is -4.01. The second-order valence-corrected chi connectivity index (χ2v) is 7.11. The van der Waals surface area contributed by atoms with Gasteiger partial charge in [-0.1, -0.05) is 0 Å². The summed E-state index contributed by atoms with van der Waals surface area (Å²) in [5, 5.41) is 33.6. The van der Waals surface area contributed by atoms with Crippen LogP contribution in [0.2, 0.25) is 0 Å². The Labute approximate surface area is 187 Å².